The van der Waals surface area contributed by atoms with Crippen LogP contribution in [0, 0.1) is 22.5 Å². The molecule has 1 aromatic heterocycles. The van der Waals surface area contributed by atoms with Gasteiger partial charge < -0.3 is 10.3 Å². The van der Waals surface area contributed by atoms with Gasteiger partial charge in [0.05, 0.1) is 11.0 Å². The van der Waals surface area contributed by atoms with Crippen molar-refractivity contribution in [3.05, 3.63) is 40.3 Å². The third-order valence-corrected chi connectivity index (χ3v) is 2.44. The number of para-hydroxylation sites is 1. The Balaban J connectivity index is 2.39. The van der Waals surface area contributed by atoms with E-state index in [1.165, 1.54) is 6.07 Å². The molecule has 2 aromatic rings. The minimum Gasteiger partial charge on any atom is -0.337 e. The van der Waals surface area contributed by atoms with Gasteiger partial charge in [-0.1, -0.05) is 17.3 Å². The van der Waals surface area contributed by atoms with Crippen molar-refractivity contribution in [1.82, 2.24) is 10.1 Å². The van der Waals surface area contributed by atoms with Gasteiger partial charge in [-0.15, -0.1) is 12.3 Å². The molecular weight excluding hydrogens is 248 g/mol. The lowest BCUT2D eigenvalue weighted by molar-refractivity contribution is -0.384. The third kappa shape index (κ3) is 2.59. The summed E-state index contributed by atoms with van der Waals surface area (Å²) in [5.74, 6) is 2.66. The normalized spacial score (nSPS) is 11.8. The van der Waals surface area contributed by atoms with Gasteiger partial charge >= 0.3 is 0 Å². The van der Waals surface area contributed by atoms with Gasteiger partial charge in [-0.3, -0.25) is 10.1 Å². The molecule has 0 fully saturated rings. The number of hydrogen-bond donors (Lipinski definition) is 1. The molecule has 1 atom stereocenters. The Morgan fingerprint density at radius 2 is 2.26 bits per heavy atom. The monoisotopic (exact) mass is 258 g/mol. The largest absolute Gasteiger partial charge is 0.337 e. The van der Waals surface area contributed by atoms with Crippen molar-refractivity contribution in [2.24, 2.45) is 5.73 Å². The summed E-state index contributed by atoms with van der Waals surface area (Å²) in [5, 5.41) is 14.6. The van der Waals surface area contributed by atoms with E-state index in [9.17, 15) is 10.1 Å². The number of nitro groups is 1. The van der Waals surface area contributed by atoms with Gasteiger partial charge in [-0.2, -0.15) is 4.98 Å². The number of benzene rings is 1. The van der Waals surface area contributed by atoms with E-state index in [-0.39, 0.29) is 29.4 Å². The minimum atomic E-state index is -0.575. The lowest BCUT2D eigenvalue weighted by Crippen LogP contribution is -2.09. The number of nitro benzene ring substituents is 1. The van der Waals surface area contributed by atoms with Crippen LogP contribution in [0.5, 0.6) is 0 Å². The van der Waals surface area contributed by atoms with E-state index >= 15 is 0 Å². The average molecular weight is 258 g/mol. The van der Waals surface area contributed by atoms with Crippen molar-refractivity contribution in [1.29, 1.82) is 0 Å². The van der Waals surface area contributed by atoms with Crippen molar-refractivity contribution >= 4 is 5.69 Å². The van der Waals surface area contributed by atoms with Crippen LogP contribution in [0.3, 0.4) is 0 Å². The van der Waals surface area contributed by atoms with Gasteiger partial charge in [0.15, 0.2) is 0 Å². The van der Waals surface area contributed by atoms with Crippen molar-refractivity contribution in [2.75, 3.05) is 0 Å². The van der Waals surface area contributed by atoms with Crippen LogP contribution < -0.4 is 5.73 Å². The number of aromatic nitrogens is 2. The number of nitrogens with two attached hydrogens (primary N) is 1. The van der Waals surface area contributed by atoms with Gasteiger partial charge in [0.2, 0.25) is 11.7 Å². The summed E-state index contributed by atoms with van der Waals surface area (Å²) < 4.78 is 4.96. The molecule has 96 valence electrons. The maximum Gasteiger partial charge on any atom is 0.280 e. The van der Waals surface area contributed by atoms with Crippen LogP contribution in [0.15, 0.2) is 28.8 Å². The molecule has 0 spiro atoms. The Morgan fingerprint density at radius 3 is 2.95 bits per heavy atom. The van der Waals surface area contributed by atoms with E-state index in [4.69, 9.17) is 16.7 Å². The molecule has 0 bridgehead atoms. The molecule has 2 rings (SSSR count). The molecule has 0 aliphatic carbocycles. The maximum atomic E-state index is 10.9. The Kier molecular flexibility index (Phi) is 3.54. The zero-order valence-electron chi connectivity index (χ0n) is 9.81. The first-order valence-corrected chi connectivity index (χ1v) is 5.40. The van der Waals surface area contributed by atoms with Crippen molar-refractivity contribution in [3.8, 4) is 23.7 Å². The second-order valence-electron chi connectivity index (χ2n) is 3.75. The van der Waals surface area contributed by atoms with Gasteiger partial charge in [-0.25, -0.2) is 0 Å². The lowest BCUT2D eigenvalue weighted by atomic mass is 10.1. The topological polar surface area (TPSA) is 108 Å². The first-order valence-electron chi connectivity index (χ1n) is 5.40. The number of hydrogen-bond acceptors (Lipinski definition) is 6. The van der Waals surface area contributed by atoms with Crippen LogP contribution in [-0.4, -0.2) is 15.1 Å². The highest BCUT2D eigenvalue weighted by Gasteiger charge is 2.21. The van der Waals surface area contributed by atoms with Crippen molar-refractivity contribution < 1.29 is 9.45 Å². The molecule has 0 amide bonds. The first kappa shape index (κ1) is 12.7. The van der Waals surface area contributed by atoms with Crippen molar-refractivity contribution in [3.63, 3.8) is 0 Å². The van der Waals surface area contributed by atoms with E-state index in [2.05, 4.69) is 16.1 Å². The number of rotatable bonds is 4. The molecule has 19 heavy (non-hydrogen) atoms. The summed E-state index contributed by atoms with van der Waals surface area (Å²) >= 11 is 0. The predicted octanol–water partition coefficient (Wildman–Crippen LogP) is 1.67. The highest BCUT2D eigenvalue weighted by molar-refractivity contribution is 5.67. The summed E-state index contributed by atoms with van der Waals surface area (Å²) in [7, 11) is 0. The quantitative estimate of drug-likeness (QED) is 0.507. The zero-order valence-corrected chi connectivity index (χ0v) is 9.81. The molecule has 1 heterocycles. The van der Waals surface area contributed by atoms with E-state index in [1.54, 1.807) is 18.2 Å². The number of nitrogens with zero attached hydrogens (tertiary/aromatic N) is 3. The fraction of sp³-hybridized carbons (Fsp3) is 0.167. The average Bonchev–Trinajstić information content (AvgIpc) is 2.88. The van der Waals surface area contributed by atoms with Crippen LogP contribution in [0.1, 0.15) is 18.4 Å². The highest BCUT2D eigenvalue weighted by Crippen LogP contribution is 2.27. The standard InChI is InChI=1S/C12H10N4O3/c1-2-5-9(13)12-14-11(15-19-12)8-6-3-4-7-10(8)16(17)18/h1,3-4,6-7,9H,5,13H2. The lowest BCUT2D eigenvalue weighted by Gasteiger charge is -1.99. The Labute approximate surface area is 108 Å². The summed E-state index contributed by atoms with van der Waals surface area (Å²) in [5.41, 5.74) is 5.90. The molecule has 0 saturated heterocycles. The third-order valence-electron chi connectivity index (χ3n) is 2.44. The first-order chi connectivity index (χ1) is 9.13. The fourth-order valence-corrected chi connectivity index (χ4v) is 1.53. The van der Waals surface area contributed by atoms with Crippen molar-refractivity contribution in [2.45, 2.75) is 12.5 Å². The molecule has 2 N–H and O–H groups in total. The molecule has 0 saturated carbocycles. The maximum absolute atomic E-state index is 10.9. The fourth-order valence-electron chi connectivity index (χ4n) is 1.53. The van der Waals surface area contributed by atoms with E-state index in [0.29, 0.717) is 0 Å². The van der Waals surface area contributed by atoms with Gasteiger partial charge in [0.1, 0.15) is 5.56 Å². The Morgan fingerprint density at radius 1 is 1.53 bits per heavy atom. The predicted molar refractivity (Wildman–Crippen MR) is 66.8 cm³/mol. The molecule has 7 heteroatoms. The zero-order chi connectivity index (χ0) is 13.8. The highest BCUT2D eigenvalue weighted by atomic mass is 16.6. The second kappa shape index (κ2) is 5.29. The Bertz CT molecular complexity index is 644. The summed E-state index contributed by atoms with van der Waals surface area (Å²) in [6, 6.07) is 5.55. The minimum absolute atomic E-state index is 0.0969. The summed E-state index contributed by atoms with van der Waals surface area (Å²) in [6.07, 6.45) is 5.39. The molecule has 0 aliphatic heterocycles. The molecule has 1 aromatic carbocycles. The number of terminal acetylenes is 1. The van der Waals surface area contributed by atoms with Crippen LogP contribution in [0.2, 0.25) is 0 Å². The SMILES string of the molecule is C#CCC(N)c1nc(-c2ccccc2[N+](=O)[O-])no1. The van der Waals surface area contributed by atoms with Crippen LogP contribution in [0.4, 0.5) is 5.69 Å². The van der Waals surface area contributed by atoms with Crippen LogP contribution in [0.25, 0.3) is 11.4 Å². The summed E-state index contributed by atoms with van der Waals surface area (Å²) in [6.45, 7) is 0. The second-order valence-corrected chi connectivity index (χ2v) is 3.75. The molecular formula is C12H10N4O3. The molecule has 0 aliphatic rings. The van der Waals surface area contributed by atoms with Crippen LogP contribution in [-0.2, 0) is 0 Å². The van der Waals surface area contributed by atoms with Gasteiger partial charge in [0, 0.05) is 12.5 Å². The summed E-state index contributed by atoms with van der Waals surface area (Å²) in [4.78, 5) is 14.4. The van der Waals surface area contributed by atoms with E-state index in [0.717, 1.165) is 0 Å². The molecule has 0 radical (unpaired) electrons. The van der Waals surface area contributed by atoms with E-state index in [1.807, 2.05) is 0 Å². The van der Waals surface area contributed by atoms with E-state index < -0.39 is 11.0 Å². The molecule has 7 nitrogen and oxygen atoms in total. The van der Waals surface area contributed by atoms with Gasteiger partial charge in [0.25, 0.3) is 5.69 Å². The Hall–Kier alpha value is -2.72. The molecule has 1 unspecified atom stereocenters. The van der Waals surface area contributed by atoms with Gasteiger partial charge in [-0.05, 0) is 6.07 Å². The smallest absolute Gasteiger partial charge is 0.280 e. The van der Waals surface area contributed by atoms with Crippen LogP contribution >= 0.6 is 0 Å².